The van der Waals surface area contributed by atoms with E-state index in [9.17, 15) is 4.39 Å². The van der Waals surface area contributed by atoms with Gasteiger partial charge >= 0.3 is 0 Å². The van der Waals surface area contributed by atoms with Gasteiger partial charge in [-0.15, -0.1) is 0 Å². The summed E-state index contributed by atoms with van der Waals surface area (Å²) in [5.41, 5.74) is 0.594. The van der Waals surface area contributed by atoms with Crippen molar-refractivity contribution in [2.45, 2.75) is 32.1 Å². The zero-order valence-corrected chi connectivity index (χ0v) is 12.0. The molecular weight excluding hydrogens is 261 g/mol. The number of hydrogen-bond donors (Lipinski definition) is 1. The Morgan fingerprint density at radius 1 is 1.40 bits per heavy atom. The standard InChI is InChI=1S/C15H22FNO3/c1-3-7-17-12(10-14-19-8-9-20-14)11-5-4-6-13(18-2)15(11)16/h4-6,12,14,17H,3,7-10H2,1-2H3. The zero-order valence-electron chi connectivity index (χ0n) is 12.0. The van der Waals surface area contributed by atoms with Crippen LogP contribution in [0.25, 0.3) is 0 Å². The second-order valence-corrected chi connectivity index (χ2v) is 4.78. The molecule has 2 rings (SSSR count). The van der Waals surface area contributed by atoms with Gasteiger partial charge in [0.1, 0.15) is 0 Å². The molecule has 0 bridgehead atoms. The molecule has 0 aliphatic carbocycles. The summed E-state index contributed by atoms with van der Waals surface area (Å²) >= 11 is 0. The summed E-state index contributed by atoms with van der Waals surface area (Å²) in [5.74, 6) is -0.0549. The first-order chi connectivity index (χ1) is 9.76. The lowest BCUT2D eigenvalue weighted by Crippen LogP contribution is -2.27. The van der Waals surface area contributed by atoms with Gasteiger partial charge in [0.15, 0.2) is 17.9 Å². The van der Waals surface area contributed by atoms with Crippen molar-refractivity contribution in [1.82, 2.24) is 5.32 Å². The van der Waals surface area contributed by atoms with Gasteiger partial charge in [-0.3, -0.25) is 0 Å². The number of ether oxygens (including phenoxy) is 3. The molecule has 1 saturated heterocycles. The fourth-order valence-electron chi connectivity index (χ4n) is 2.33. The molecule has 20 heavy (non-hydrogen) atoms. The zero-order chi connectivity index (χ0) is 14.4. The predicted molar refractivity (Wildman–Crippen MR) is 74.3 cm³/mol. The Labute approximate surface area is 119 Å². The number of halogens is 1. The van der Waals surface area contributed by atoms with Gasteiger partial charge in [-0.1, -0.05) is 19.1 Å². The van der Waals surface area contributed by atoms with E-state index in [0.717, 1.165) is 13.0 Å². The Morgan fingerprint density at radius 2 is 2.15 bits per heavy atom. The van der Waals surface area contributed by atoms with Gasteiger partial charge in [0, 0.05) is 18.0 Å². The van der Waals surface area contributed by atoms with Crippen molar-refractivity contribution in [3.05, 3.63) is 29.6 Å². The lowest BCUT2D eigenvalue weighted by Gasteiger charge is -2.22. The molecule has 1 N–H and O–H groups in total. The van der Waals surface area contributed by atoms with Crippen LogP contribution < -0.4 is 10.1 Å². The van der Waals surface area contributed by atoms with Gasteiger partial charge in [0.2, 0.25) is 0 Å². The second kappa shape index (κ2) is 7.57. The van der Waals surface area contributed by atoms with E-state index in [0.29, 0.717) is 25.2 Å². The minimum Gasteiger partial charge on any atom is -0.494 e. The van der Waals surface area contributed by atoms with E-state index in [-0.39, 0.29) is 23.9 Å². The third-order valence-corrected chi connectivity index (χ3v) is 3.35. The van der Waals surface area contributed by atoms with Gasteiger partial charge < -0.3 is 19.5 Å². The van der Waals surface area contributed by atoms with E-state index >= 15 is 0 Å². The molecule has 112 valence electrons. The van der Waals surface area contributed by atoms with Crippen LogP contribution in [-0.4, -0.2) is 33.2 Å². The smallest absolute Gasteiger partial charge is 0.169 e. The molecule has 1 unspecified atom stereocenters. The first-order valence-corrected chi connectivity index (χ1v) is 7.05. The monoisotopic (exact) mass is 283 g/mol. The largest absolute Gasteiger partial charge is 0.494 e. The average molecular weight is 283 g/mol. The molecule has 1 aliphatic heterocycles. The van der Waals surface area contributed by atoms with Crippen LogP contribution in [0, 0.1) is 5.82 Å². The van der Waals surface area contributed by atoms with Crippen LogP contribution in [0.5, 0.6) is 5.75 Å². The summed E-state index contributed by atoms with van der Waals surface area (Å²) in [6.07, 6.45) is 1.30. The topological polar surface area (TPSA) is 39.7 Å². The summed E-state index contributed by atoms with van der Waals surface area (Å²) in [7, 11) is 1.47. The second-order valence-electron chi connectivity index (χ2n) is 4.78. The maximum absolute atomic E-state index is 14.4. The number of nitrogens with one attached hydrogen (secondary N) is 1. The van der Waals surface area contributed by atoms with Gasteiger partial charge in [0.25, 0.3) is 0 Å². The lowest BCUT2D eigenvalue weighted by molar-refractivity contribution is -0.0531. The highest BCUT2D eigenvalue weighted by Gasteiger charge is 2.25. The Bertz CT molecular complexity index is 422. The van der Waals surface area contributed by atoms with Crippen molar-refractivity contribution in [3.63, 3.8) is 0 Å². The van der Waals surface area contributed by atoms with Crippen LogP contribution in [0.2, 0.25) is 0 Å². The van der Waals surface area contributed by atoms with Crippen LogP contribution in [0.4, 0.5) is 4.39 Å². The Morgan fingerprint density at radius 3 is 2.80 bits per heavy atom. The number of benzene rings is 1. The van der Waals surface area contributed by atoms with E-state index in [2.05, 4.69) is 12.2 Å². The number of rotatable bonds is 7. The normalized spacial score (nSPS) is 17.4. The van der Waals surface area contributed by atoms with E-state index < -0.39 is 0 Å². The fraction of sp³-hybridized carbons (Fsp3) is 0.600. The summed E-state index contributed by atoms with van der Waals surface area (Å²) in [6.45, 7) is 4.10. The predicted octanol–water partition coefficient (Wildman–Crippen LogP) is 2.64. The molecule has 1 heterocycles. The minimum absolute atomic E-state index is 0.145. The van der Waals surface area contributed by atoms with Gasteiger partial charge in [0.05, 0.1) is 20.3 Å². The highest BCUT2D eigenvalue weighted by atomic mass is 19.1. The SMILES string of the molecule is CCCNC(CC1OCCO1)c1cccc(OC)c1F. The van der Waals surface area contributed by atoms with Crippen LogP contribution in [0.15, 0.2) is 18.2 Å². The Balaban J connectivity index is 2.16. The molecule has 1 fully saturated rings. The summed E-state index contributed by atoms with van der Waals surface area (Å²) in [4.78, 5) is 0. The molecule has 0 radical (unpaired) electrons. The van der Waals surface area contributed by atoms with E-state index in [1.54, 1.807) is 18.2 Å². The molecule has 1 aromatic carbocycles. The molecule has 1 atom stereocenters. The molecule has 0 spiro atoms. The molecule has 1 aromatic rings. The quantitative estimate of drug-likeness (QED) is 0.835. The van der Waals surface area contributed by atoms with Gasteiger partial charge in [-0.05, 0) is 19.0 Å². The molecule has 0 aromatic heterocycles. The molecule has 1 aliphatic rings. The summed E-state index contributed by atoms with van der Waals surface area (Å²) < 4.78 is 30.4. The van der Waals surface area contributed by atoms with E-state index in [4.69, 9.17) is 14.2 Å². The summed E-state index contributed by atoms with van der Waals surface area (Å²) in [5, 5.41) is 3.35. The minimum atomic E-state index is -0.318. The van der Waals surface area contributed by atoms with Crippen molar-refractivity contribution in [2.75, 3.05) is 26.9 Å². The number of methoxy groups -OCH3 is 1. The molecule has 5 heteroatoms. The van der Waals surface area contributed by atoms with Crippen LogP contribution >= 0.6 is 0 Å². The van der Waals surface area contributed by atoms with Crippen molar-refractivity contribution in [3.8, 4) is 5.75 Å². The molecule has 4 nitrogen and oxygen atoms in total. The maximum atomic E-state index is 14.4. The lowest BCUT2D eigenvalue weighted by atomic mass is 10.0. The third-order valence-electron chi connectivity index (χ3n) is 3.35. The third kappa shape index (κ3) is 3.69. The molecule has 0 saturated carbocycles. The van der Waals surface area contributed by atoms with E-state index in [1.807, 2.05) is 0 Å². The first kappa shape index (κ1) is 15.2. The number of hydrogen-bond acceptors (Lipinski definition) is 4. The highest BCUT2D eigenvalue weighted by Crippen LogP contribution is 2.29. The van der Waals surface area contributed by atoms with Crippen LogP contribution in [-0.2, 0) is 9.47 Å². The highest BCUT2D eigenvalue weighted by molar-refractivity contribution is 5.33. The van der Waals surface area contributed by atoms with Crippen LogP contribution in [0.1, 0.15) is 31.4 Å². The molecule has 0 amide bonds. The Hall–Kier alpha value is -1.17. The van der Waals surface area contributed by atoms with Gasteiger partial charge in [-0.2, -0.15) is 0 Å². The summed E-state index contributed by atoms with van der Waals surface area (Å²) in [6, 6.07) is 5.06. The van der Waals surface area contributed by atoms with Crippen molar-refractivity contribution in [1.29, 1.82) is 0 Å². The molecular formula is C15H22FNO3. The van der Waals surface area contributed by atoms with Gasteiger partial charge in [-0.25, -0.2) is 4.39 Å². The Kier molecular flexibility index (Phi) is 5.76. The maximum Gasteiger partial charge on any atom is 0.169 e. The fourth-order valence-corrected chi connectivity index (χ4v) is 2.33. The average Bonchev–Trinajstić information content (AvgIpc) is 2.97. The van der Waals surface area contributed by atoms with Crippen molar-refractivity contribution in [2.24, 2.45) is 0 Å². The van der Waals surface area contributed by atoms with Crippen LogP contribution in [0.3, 0.4) is 0 Å². The van der Waals surface area contributed by atoms with Crippen molar-refractivity contribution >= 4 is 0 Å². The first-order valence-electron chi connectivity index (χ1n) is 7.05. The van der Waals surface area contributed by atoms with Crippen molar-refractivity contribution < 1.29 is 18.6 Å². The van der Waals surface area contributed by atoms with E-state index in [1.165, 1.54) is 7.11 Å².